The van der Waals surface area contributed by atoms with Crippen LogP contribution in [-0.4, -0.2) is 41.3 Å². The first kappa shape index (κ1) is 13.8. The molecule has 0 saturated carbocycles. The van der Waals surface area contributed by atoms with Crippen LogP contribution in [-0.2, 0) is 9.53 Å². The Balaban J connectivity index is 2.11. The van der Waals surface area contributed by atoms with Crippen LogP contribution in [0.5, 0.6) is 0 Å². The minimum absolute atomic E-state index is 0.0347. The number of ether oxygens (including phenoxy) is 1. The first-order valence-corrected chi connectivity index (χ1v) is 7.17. The fourth-order valence-corrected chi connectivity index (χ4v) is 3.18. The number of nitrogens with one attached hydrogen (secondary N) is 1. The number of carbonyl (C=O) groups excluding carboxylic acids is 1. The molecule has 18 heavy (non-hydrogen) atoms. The number of nitrogens with zero attached hydrogens (tertiary/aromatic N) is 1. The van der Waals surface area contributed by atoms with Gasteiger partial charge in [-0.2, -0.15) is 0 Å². The molecule has 3 unspecified atom stereocenters. The summed E-state index contributed by atoms with van der Waals surface area (Å²) in [4.78, 5) is 14.4. The van der Waals surface area contributed by atoms with Gasteiger partial charge in [0.1, 0.15) is 0 Å². The molecule has 0 bridgehead atoms. The van der Waals surface area contributed by atoms with E-state index in [1.54, 1.807) is 0 Å². The summed E-state index contributed by atoms with van der Waals surface area (Å²) in [5, 5.41) is 3.41. The Morgan fingerprint density at radius 2 is 2.22 bits per heavy atom. The van der Waals surface area contributed by atoms with Crippen LogP contribution in [0, 0.1) is 0 Å². The molecule has 0 aromatic rings. The van der Waals surface area contributed by atoms with Gasteiger partial charge in [0.25, 0.3) is 0 Å². The summed E-state index contributed by atoms with van der Waals surface area (Å²) >= 11 is 0. The molecule has 0 aliphatic carbocycles. The lowest BCUT2D eigenvalue weighted by atomic mass is 9.92. The molecule has 2 heterocycles. The predicted molar refractivity (Wildman–Crippen MR) is 71.2 cm³/mol. The summed E-state index contributed by atoms with van der Waals surface area (Å²) in [6, 6.07) is 0.294. The second-order valence-electron chi connectivity index (χ2n) is 6.19. The quantitative estimate of drug-likeness (QED) is 0.836. The topological polar surface area (TPSA) is 41.6 Å². The van der Waals surface area contributed by atoms with Crippen molar-refractivity contribution in [3.8, 4) is 0 Å². The minimum Gasteiger partial charge on any atom is -0.375 e. The Labute approximate surface area is 110 Å². The van der Waals surface area contributed by atoms with Crippen molar-refractivity contribution in [3.05, 3.63) is 0 Å². The fourth-order valence-electron chi connectivity index (χ4n) is 3.18. The summed E-state index contributed by atoms with van der Waals surface area (Å²) < 4.78 is 5.75. The van der Waals surface area contributed by atoms with Gasteiger partial charge in [-0.25, -0.2) is 0 Å². The van der Waals surface area contributed by atoms with Gasteiger partial charge >= 0.3 is 0 Å². The Morgan fingerprint density at radius 1 is 1.50 bits per heavy atom. The van der Waals surface area contributed by atoms with Crippen LogP contribution in [0.25, 0.3) is 0 Å². The molecular formula is C14H26N2O2. The lowest BCUT2D eigenvalue weighted by Crippen LogP contribution is -2.50. The second kappa shape index (κ2) is 5.17. The predicted octanol–water partition coefficient (Wildman–Crippen LogP) is 1.89. The molecule has 0 spiro atoms. The van der Waals surface area contributed by atoms with Gasteiger partial charge in [-0.05, 0) is 40.0 Å². The van der Waals surface area contributed by atoms with Crippen molar-refractivity contribution in [1.82, 2.24) is 10.2 Å². The second-order valence-corrected chi connectivity index (χ2v) is 6.19. The monoisotopic (exact) mass is 254 g/mol. The molecule has 0 aromatic heterocycles. The highest BCUT2D eigenvalue weighted by molar-refractivity contribution is 5.84. The lowest BCUT2D eigenvalue weighted by molar-refractivity contribution is -0.139. The van der Waals surface area contributed by atoms with Crippen LogP contribution in [0.4, 0.5) is 0 Å². The molecule has 3 atom stereocenters. The van der Waals surface area contributed by atoms with E-state index in [2.05, 4.69) is 31.0 Å². The van der Waals surface area contributed by atoms with Gasteiger partial charge < -0.3 is 9.64 Å². The zero-order valence-electron chi connectivity index (χ0n) is 12.0. The van der Waals surface area contributed by atoms with Gasteiger partial charge in [-0.15, -0.1) is 0 Å². The number of hydrogen-bond acceptors (Lipinski definition) is 3. The maximum Gasteiger partial charge on any atom is 0.240 e. The maximum atomic E-state index is 12.3. The van der Waals surface area contributed by atoms with Crippen LogP contribution in [0.3, 0.4) is 0 Å². The highest BCUT2D eigenvalue weighted by atomic mass is 16.5. The summed E-state index contributed by atoms with van der Waals surface area (Å²) in [6.45, 7) is 9.13. The number of rotatable bonds is 3. The van der Waals surface area contributed by atoms with Gasteiger partial charge in [0.05, 0.1) is 17.8 Å². The third kappa shape index (κ3) is 2.69. The average Bonchev–Trinajstić information content (AvgIpc) is 2.54. The largest absolute Gasteiger partial charge is 0.375 e. The highest BCUT2D eigenvalue weighted by Gasteiger charge is 2.43. The molecule has 2 aliphatic heterocycles. The van der Waals surface area contributed by atoms with E-state index in [1.807, 2.05) is 6.92 Å². The first-order chi connectivity index (χ1) is 8.44. The molecule has 0 radical (unpaired) electrons. The van der Waals surface area contributed by atoms with E-state index >= 15 is 0 Å². The van der Waals surface area contributed by atoms with Gasteiger partial charge in [0.15, 0.2) is 0 Å². The van der Waals surface area contributed by atoms with Crippen LogP contribution in [0.2, 0.25) is 0 Å². The Morgan fingerprint density at radius 3 is 2.83 bits per heavy atom. The summed E-state index contributed by atoms with van der Waals surface area (Å²) in [6.07, 6.45) is 4.25. The Kier molecular flexibility index (Phi) is 3.97. The lowest BCUT2D eigenvalue weighted by Gasteiger charge is -2.41. The van der Waals surface area contributed by atoms with Crippen molar-refractivity contribution in [2.75, 3.05) is 6.61 Å². The SMILES string of the molecule is CCCC1NC(C)C(=O)N1C1CCOC(C)(C)C1. The molecule has 4 nitrogen and oxygen atoms in total. The summed E-state index contributed by atoms with van der Waals surface area (Å²) in [5.74, 6) is 0.260. The van der Waals surface area contributed by atoms with Crippen molar-refractivity contribution in [2.45, 2.75) is 77.2 Å². The van der Waals surface area contributed by atoms with E-state index < -0.39 is 0 Å². The molecule has 104 valence electrons. The van der Waals surface area contributed by atoms with Crippen LogP contribution >= 0.6 is 0 Å². The Hall–Kier alpha value is -0.610. The molecule has 2 fully saturated rings. The number of carbonyl (C=O) groups is 1. The van der Waals surface area contributed by atoms with Gasteiger partial charge in [-0.1, -0.05) is 13.3 Å². The number of hydrogen-bond donors (Lipinski definition) is 1. The van der Waals surface area contributed by atoms with Crippen LogP contribution < -0.4 is 5.32 Å². The molecule has 0 aromatic carbocycles. The van der Waals surface area contributed by atoms with Gasteiger partial charge in [0.2, 0.25) is 5.91 Å². The zero-order valence-corrected chi connectivity index (χ0v) is 12.0. The standard InChI is InChI=1S/C14H26N2O2/c1-5-6-12-15-10(2)13(17)16(12)11-7-8-18-14(3,4)9-11/h10-12,15H,5-9H2,1-4H3. The molecule has 2 rings (SSSR count). The van der Waals surface area contributed by atoms with Crippen LogP contribution in [0.15, 0.2) is 0 Å². The molecule has 2 saturated heterocycles. The van der Waals surface area contributed by atoms with Gasteiger partial charge in [-0.3, -0.25) is 10.1 Å². The molecule has 2 aliphatic rings. The van der Waals surface area contributed by atoms with Crippen molar-refractivity contribution in [3.63, 3.8) is 0 Å². The van der Waals surface area contributed by atoms with Crippen molar-refractivity contribution in [1.29, 1.82) is 0 Å². The maximum absolute atomic E-state index is 12.3. The molecule has 1 amide bonds. The smallest absolute Gasteiger partial charge is 0.240 e. The molecular weight excluding hydrogens is 228 g/mol. The van der Waals surface area contributed by atoms with E-state index in [9.17, 15) is 4.79 Å². The normalized spacial score (nSPS) is 36.1. The Bertz CT molecular complexity index is 317. The highest BCUT2D eigenvalue weighted by Crippen LogP contribution is 2.31. The van der Waals surface area contributed by atoms with E-state index in [4.69, 9.17) is 4.74 Å². The van der Waals surface area contributed by atoms with Crippen molar-refractivity contribution in [2.24, 2.45) is 0 Å². The third-order valence-corrected chi connectivity index (χ3v) is 4.03. The first-order valence-electron chi connectivity index (χ1n) is 7.17. The van der Waals surface area contributed by atoms with E-state index in [0.29, 0.717) is 6.04 Å². The van der Waals surface area contributed by atoms with Crippen molar-refractivity contribution >= 4 is 5.91 Å². The minimum atomic E-state index is -0.105. The molecule has 1 N–H and O–H groups in total. The summed E-state index contributed by atoms with van der Waals surface area (Å²) in [5.41, 5.74) is -0.105. The molecule has 4 heteroatoms. The van der Waals surface area contributed by atoms with E-state index in [1.165, 1.54) is 0 Å². The summed E-state index contributed by atoms with van der Waals surface area (Å²) in [7, 11) is 0. The number of amides is 1. The van der Waals surface area contributed by atoms with Crippen molar-refractivity contribution < 1.29 is 9.53 Å². The zero-order chi connectivity index (χ0) is 13.3. The van der Waals surface area contributed by atoms with Crippen LogP contribution in [0.1, 0.15) is 53.4 Å². The van der Waals surface area contributed by atoms with E-state index in [0.717, 1.165) is 32.3 Å². The average molecular weight is 254 g/mol. The van der Waals surface area contributed by atoms with E-state index in [-0.39, 0.29) is 23.7 Å². The third-order valence-electron chi connectivity index (χ3n) is 4.03. The van der Waals surface area contributed by atoms with Gasteiger partial charge in [0, 0.05) is 12.6 Å². The fraction of sp³-hybridized carbons (Fsp3) is 0.929.